The van der Waals surface area contributed by atoms with Gasteiger partial charge in [-0.2, -0.15) is 5.26 Å². The maximum absolute atomic E-state index is 9.14. The first-order chi connectivity index (χ1) is 20.7. The third-order valence-electron chi connectivity index (χ3n) is 7.73. The predicted molar refractivity (Wildman–Crippen MR) is 167 cm³/mol. The first-order valence-electron chi connectivity index (χ1n) is 13.7. The molecule has 0 aliphatic carbocycles. The Labute approximate surface area is 241 Å². The van der Waals surface area contributed by atoms with Crippen molar-refractivity contribution in [2.45, 2.75) is 0 Å². The molecule has 0 atom stereocenters. The van der Waals surface area contributed by atoms with Gasteiger partial charge in [-0.3, -0.25) is 0 Å². The molecule has 3 aromatic heterocycles. The Morgan fingerprint density at radius 1 is 0.548 bits per heavy atom. The smallest absolute Gasteiger partial charge is 0.182 e. The van der Waals surface area contributed by atoms with Crippen LogP contribution >= 0.6 is 0 Å². The van der Waals surface area contributed by atoms with Crippen LogP contribution in [0.2, 0.25) is 0 Å². The summed E-state index contributed by atoms with van der Waals surface area (Å²) in [4.78, 5) is 4.64. The lowest BCUT2D eigenvalue weighted by Crippen LogP contribution is -1.86. The molecule has 0 saturated heterocycles. The molecular formula is C37H22N4O. The number of rotatable bonds is 4. The molecule has 0 aliphatic heterocycles. The molecule has 0 amide bonds. The predicted octanol–water partition coefficient (Wildman–Crippen LogP) is 9.17. The van der Waals surface area contributed by atoms with Gasteiger partial charge >= 0.3 is 0 Å². The van der Waals surface area contributed by atoms with E-state index in [2.05, 4.69) is 95.0 Å². The van der Waals surface area contributed by atoms with E-state index in [-0.39, 0.29) is 0 Å². The zero-order valence-corrected chi connectivity index (χ0v) is 22.4. The number of furan rings is 1. The van der Waals surface area contributed by atoms with Gasteiger partial charge < -0.3 is 4.42 Å². The number of fused-ring (bicyclic) bond motifs is 4. The summed E-state index contributed by atoms with van der Waals surface area (Å²) in [6.07, 6.45) is 1.91. The van der Waals surface area contributed by atoms with Gasteiger partial charge in [0.2, 0.25) is 0 Å². The highest BCUT2D eigenvalue weighted by atomic mass is 16.3. The molecule has 0 radical (unpaired) electrons. The van der Waals surface area contributed by atoms with Crippen LogP contribution in [0.4, 0.5) is 0 Å². The van der Waals surface area contributed by atoms with Crippen LogP contribution in [0.15, 0.2) is 138 Å². The van der Waals surface area contributed by atoms with Gasteiger partial charge in [0.25, 0.3) is 0 Å². The van der Waals surface area contributed by atoms with Crippen LogP contribution in [-0.2, 0) is 0 Å². The molecule has 8 aromatic rings. The van der Waals surface area contributed by atoms with Crippen LogP contribution in [0, 0.1) is 11.3 Å². The Morgan fingerprint density at radius 2 is 1.12 bits per heavy atom. The average molecular weight is 539 g/mol. The first kappa shape index (κ1) is 23.9. The lowest BCUT2D eigenvalue weighted by atomic mass is 9.97. The summed E-state index contributed by atoms with van der Waals surface area (Å²) in [5.41, 5.74) is 10.9. The summed E-state index contributed by atoms with van der Waals surface area (Å²) in [6, 6.07) is 45.3. The molecule has 0 N–H and O–H groups in total. The summed E-state index contributed by atoms with van der Waals surface area (Å²) < 4.78 is 7.97. The van der Waals surface area contributed by atoms with Crippen LogP contribution in [0.1, 0.15) is 5.56 Å². The molecule has 0 aliphatic rings. The van der Waals surface area contributed by atoms with E-state index < -0.39 is 0 Å². The van der Waals surface area contributed by atoms with Gasteiger partial charge in [-0.05, 0) is 88.0 Å². The minimum absolute atomic E-state index is 0.653. The maximum atomic E-state index is 9.14. The standard InChI is InChI=1S/C37H22N4O/c38-23-24-7-9-25(10-8-24)30-15-17-34-32(21-30)33-22-31(16-18-35(33)42-34)29-5-3-4-28(20-29)26-11-13-27(14-12-26)37-39-36-6-1-2-19-41(36)40-37/h1-22H. The topological polar surface area (TPSA) is 67.1 Å². The number of pyridine rings is 1. The van der Waals surface area contributed by atoms with E-state index in [0.717, 1.165) is 66.5 Å². The van der Waals surface area contributed by atoms with E-state index in [4.69, 9.17) is 9.68 Å². The van der Waals surface area contributed by atoms with Gasteiger partial charge in [-0.15, -0.1) is 5.10 Å². The number of hydrogen-bond donors (Lipinski definition) is 0. The fraction of sp³-hybridized carbons (Fsp3) is 0. The molecular weight excluding hydrogens is 516 g/mol. The van der Waals surface area contributed by atoms with Crippen LogP contribution < -0.4 is 0 Å². The molecule has 0 fully saturated rings. The summed E-state index contributed by atoms with van der Waals surface area (Å²) in [6.45, 7) is 0. The Kier molecular flexibility index (Phi) is 5.44. The zero-order valence-electron chi connectivity index (χ0n) is 22.4. The molecule has 5 nitrogen and oxygen atoms in total. The SMILES string of the molecule is N#Cc1ccc(-c2ccc3oc4ccc(-c5cccc(-c6ccc(-c7nc8ccccn8n7)cc6)c5)cc4c3c2)cc1. The Hall–Kier alpha value is -5.99. The molecule has 8 rings (SSSR count). The second-order valence-electron chi connectivity index (χ2n) is 10.3. The van der Waals surface area contributed by atoms with Gasteiger partial charge in [-0.1, -0.05) is 72.8 Å². The summed E-state index contributed by atoms with van der Waals surface area (Å²) >= 11 is 0. The highest BCUT2D eigenvalue weighted by Gasteiger charge is 2.12. The summed E-state index contributed by atoms with van der Waals surface area (Å²) in [7, 11) is 0. The third kappa shape index (κ3) is 4.11. The van der Waals surface area contributed by atoms with Crippen molar-refractivity contribution in [3.63, 3.8) is 0 Å². The largest absolute Gasteiger partial charge is 0.456 e. The highest BCUT2D eigenvalue weighted by Crippen LogP contribution is 2.36. The molecule has 0 saturated carbocycles. The van der Waals surface area contributed by atoms with Gasteiger partial charge in [-0.25, -0.2) is 9.50 Å². The quantitative estimate of drug-likeness (QED) is 0.224. The molecule has 5 aromatic carbocycles. The Bertz CT molecular complexity index is 2270. The van der Waals surface area contributed by atoms with Crippen molar-refractivity contribution in [1.82, 2.24) is 14.6 Å². The van der Waals surface area contributed by atoms with E-state index in [9.17, 15) is 0 Å². The third-order valence-corrected chi connectivity index (χ3v) is 7.73. The number of benzene rings is 5. The molecule has 0 unspecified atom stereocenters. The van der Waals surface area contributed by atoms with Crippen LogP contribution in [0.5, 0.6) is 0 Å². The van der Waals surface area contributed by atoms with Gasteiger partial charge in [0.1, 0.15) is 11.2 Å². The van der Waals surface area contributed by atoms with Crippen molar-refractivity contribution < 1.29 is 4.42 Å². The highest BCUT2D eigenvalue weighted by molar-refractivity contribution is 6.07. The van der Waals surface area contributed by atoms with Crippen molar-refractivity contribution >= 4 is 27.6 Å². The average Bonchev–Trinajstić information content (AvgIpc) is 3.66. The van der Waals surface area contributed by atoms with E-state index in [1.54, 1.807) is 4.52 Å². The second kappa shape index (κ2) is 9.58. The number of hydrogen-bond acceptors (Lipinski definition) is 4. The number of nitriles is 1. The van der Waals surface area contributed by atoms with Crippen molar-refractivity contribution in [2.75, 3.05) is 0 Å². The van der Waals surface area contributed by atoms with Gasteiger partial charge in [0, 0.05) is 22.5 Å². The second-order valence-corrected chi connectivity index (χ2v) is 10.3. The molecule has 42 heavy (non-hydrogen) atoms. The molecule has 5 heteroatoms. The van der Waals surface area contributed by atoms with Crippen molar-refractivity contribution in [2.24, 2.45) is 0 Å². The van der Waals surface area contributed by atoms with E-state index in [1.165, 1.54) is 0 Å². The normalized spacial score (nSPS) is 11.3. The minimum Gasteiger partial charge on any atom is -0.456 e. The van der Waals surface area contributed by atoms with Crippen LogP contribution in [-0.4, -0.2) is 14.6 Å². The number of nitrogens with zero attached hydrogens (tertiary/aromatic N) is 4. The van der Waals surface area contributed by atoms with E-state index >= 15 is 0 Å². The fourth-order valence-corrected chi connectivity index (χ4v) is 5.52. The molecule has 0 bridgehead atoms. The summed E-state index contributed by atoms with van der Waals surface area (Å²) in [5, 5.41) is 15.9. The van der Waals surface area contributed by atoms with Crippen LogP contribution in [0.3, 0.4) is 0 Å². The lowest BCUT2D eigenvalue weighted by molar-refractivity contribution is 0.669. The van der Waals surface area contributed by atoms with E-state index in [0.29, 0.717) is 11.4 Å². The minimum atomic E-state index is 0.653. The first-order valence-corrected chi connectivity index (χ1v) is 13.7. The monoisotopic (exact) mass is 538 g/mol. The fourth-order valence-electron chi connectivity index (χ4n) is 5.52. The van der Waals surface area contributed by atoms with Crippen molar-refractivity contribution in [1.29, 1.82) is 5.26 Å². The maximum Gasteiger partial charge on any atom is 0.182 e. The van der Waals surface area contributed by atoms with Crippen molar-refractivity contribution in [3.05, 3.63) is 139 Å². The molecule has 3 heterocycles. The Morgan fingerprint density at radius 3 is 1.79 bits per heavy atom. The van der Waals surface area contributed by atoms with E-state index in [1.807, 2.05) is 54.7 Å². The zero-order chi connectivity index (χ0) is 28.0. The molecule has 0 spiro atoms. The number of aromatic nitrogens is 3. The van der Waals surface area contributed by atoms with Crippen LogP contribution in [0.25, 0.3) is 72.4 Å². The summed E-state index contributed by atoms with van der Waals surface area (Å²) in [5.74, 6) is 0.712. The lowest BCUT2D eigenvalue weighted by Gasteiger charge is -2.07. The van der Waals surface area contributed by atoms with Gasteiger partial charge in [0.05, 0.1) is 11.6 Å². The van der Waals surface area contributed by atoms with Gasteiger partial charge in [0.15, 0.2) is 11.5 Å². The Balaban J connectivity index is 1.13. The van der Waals surface area contributed by atoms with Crippen molar-refractivity contribution in [3.8, 4) is 50.8 Å². The molecule has 196 valence electrons.